The summed E-state index contributed by atoms with van der Waals surface area (Å²) in [6, 6.07) is 4.92. The summed E-state index contributed by atoms with van der Waals surface area (Å²) < 4.78 is 16.0. The lowest BCUT2D eigenvalue weighted by molar-refractivity contribution is 0.0939. The number of pyridine rings is 1. The molecular weight excluding hydrogens is 371 g/mol. The van der Waals surface area contributed by atoms with E-state index in [2.05, 4.69) is 15.3 Å². The average Bonchev–Trinajstić information content (AvgIpc) is 3.33. The number of nitrogens with one attached hydrogen (secondary N) is 1. The number of amides is 1. The lowest BCUT2D eigenvalue weighted by Gasteiger charge is -2.25. The van der Waals surface area contributed by atoms with Gasteiger partial charge in [-0.3, -0.25) is 9.78 Å². The standard InChI is InChI=1S/C21H23FN6O/c1-13-4-2-5-15-10-14(22)11-17(25-15)18-6-3-8-27(18)19-7-9-28-20(26-19)16(12-23-28)21(29)24-13/h7,9-13,18H,2-6,8H2,1H3,(H,24,29)/t13-,18-/m1/s1. The van der Waals surface area contributed by atoms with Crippen LogP contribution in [-0.4, -0.2) is 38.1 Å². The number of fused-ring (bicyclic) bond motifs is 6. The molecule has 1 N–H and O–H groups in total. The molecule has 8 heteroatoms. The van der Waals surface area contributed by atoms with E-state index in [0.29, 0.717) is 17.6 Å². The Balaban J connectivity index is 1.64. The maximum atomic E-state index is 14.3. The van der Waals surface area contributed by atoms with Crippen LogP contribution in [0.4, 0.5) is 10.2 Å². The van der Waals surface area contributed by atoms with Gasteiger partial charge in [0.05, 0.1) is 17.9 Å². The van der Waals surface area contributed by atoms with Crippen LogP contribution in [0, 0.1) is 5.82 Å². The second kappa shape index (κ2) is 7.09. The number of aromatic nitrogens is 4. The third-order valence-corrected chi connectivity index (χ3v) is 5.80. The number of carbonyl (C=O) groups excluding carboxylic acids is 1. The van der Waals surface area contributed by atoms with Crippen LogP contribution in [0.15, 0.2) is 30.6 Å². The van der Waals surface area contributed by atoms with Crippen molar-refractivity contribution in [1.29, 1.82) is 0 Å². The lowest BCUT2D eigenvalue weighted by Crippen LogP contribution is -2.32. The van der Waals surface area contributed by atoms with Crippen molar-refractivity contribution in [1.82, 2.24) is 24.9 Å². The van der Waals surface area contributed by atoms with Gasteiger partial charge in [-0.15, -0.1) is 0 Å². The van der Waals surface area contributed by atoms with Crippen LogP contribution < -0.4 is 10.2 Å². The zero-order chi connectivity index (χ0) is 20.0. The van der Waals surface area contributed by atoms with Crippen LogP contribution in [0.1, 0.15) is 60.4 Å². The van der Waals surface area contributed by atoms with E-state index in [1.165, 1.54) is 6.07 Å². The van der Waals surface area contributed by atoms with E-state index in [-0.39, 0.29) is 23.8 Å². The molecule has 0 unspecified atom stereocenters. The Kier molecular flexibility index (Phi) is 4.41. The molecule has 0 spiro atoms. The fourth-order valence-electron chi connectivity index (χ4n) is 4.36. The third-order valence-electron chi connectivity index (χ3n) is 5.80. The average molecular weight is 394 g/mol. The van der Waals surface area contributed by atoms with Crippen molar-refractivity contribution < 1.29 is 9.18 Å². The fourth-order valence-corrected chi connectivity index (χ4v) is 4.36. The zero-order valence-electron chi connectivity index (χ0n) is 16.3. The Hall–Kier alpha value is -3.03. The molecule has 5 rings (SSSR count). The minimum atomic E-state index is -0.246. The molecule has 0 radical (unpaired) electrons. The second-order valence-electron chi connectivity index (χ2n) is 7.93. The third kappa shape index (κ3) is 3.32. The van der Waals surface area contributed by atoms with Gasteiger partial charge in [0, 0.05) is 24.5 Å². The van der Waals surface area contributed by atoms with Crippen LogP contribution >= 0.6 is 0 Å². The minimum absolute atomic E-state index is 0.0121. The van der Waals surface area contributed by atoms with Gasteiger partial charge in [-0.05, 0) is 57.2 Å². The van der Waals surface area contributed by atoms with Gasteiger partial charge in [-0.2, -0.15) is 5.10 Å². The molecule has 0 aromatic carbocycles. The number of hydrogen-bond donors (Lipinski definition) is 1. The van der Waals surface area contributed by atoms with E-state index in [9.17, 15) is 9.18 Å². The topological polar surface area (TPSA) is 75.4 Å². The summed E-state index contributed by atoms with van der Waals surface area (Å²) in [5.74, 6) is 0.337. The van der Waals surface area contributed by atoms with Crippen LogP contribution in [0.5, 0.6) is 0 Å². The summed E-state index contributed by atoms with van der Waals surface area (Å²) >= 11 is 0. The molecule has 0 saturated carbocycles. The highest BCUT2D eigenvalue weighted by Crippen LogP contribution is 2.35. The molecule has 0 aliphatic carbocycles. The Morgan fingerprint density at radius 3 is 3.00 bits per heavy atom. The quantitative estimate of drug-likeness (QED) is 0.634. The van der Waals surface area contributed by atoms with E-state index in [0.717, 1.165) is 49.4 Å². The van der Waals surface area contributed by atoms with Gasteiger partial charge >= 0.3 is 0 Å². The fraction of sp³-hybridized carbons (Fsp3) is 0.429. The van der Waals surface area contributed by atoms with E-state index in [4.69, 9.17) is 9.97 Å². The molecule has 1 fully saturated rings. The van der Waals surface area contributed by atoms with Gasteiger partial charge in [-0.1, -0.05) is 0 Å². The summed E-state index contributed by atoms with van der Waals surface area (Å²) in [4.78, 5) is 24.5. The van der Waals surface area contributed by atoms with Gasteiger partial charge in [0.2, 0.25) is 0 Å². The number of aryl methyl sites for hydroxylation is 1. The molecule has 2 aliphatic rings. The first kappa shape index (κ1) is 18.0. The number of hydrogen-bond acceptors (Lipinski definition) is 5. The Bertz CT molecular complexity index is 1080. The Labute approximate surface area is 168 Å². The predicted octanol–water partition coefficient (Wildman–Crippen LogP) is 3.06. The second-order valence-corrected chi connectivity index (χ2v) is 7.93. The normalized spacial score (nSPS) is 22.3. The molecular formula is C21H23FN6O. The largest absolute Gasteiger partial charge is 0.349 e. The van der Waals surface area contributed by atoms with E-state index < -0.39 is 0 Å². The maximum Gasteiger partial charge on any atom is 0.256 e. The summed E-state index contributed by atoms with van der Waals surface area (Å²) in [6.45, 7) is 2.79. The highest BCUT2D eigenvalue weighted by atomic mass is 19.1. The Morgan fingerprint density at radius 1 is 1.21 bits per heavy atom. The van der Waals surface area contributed by atoms with Crippen molar-refractivity contribution in [2.24, 2.45) is 0 Å². The van der Waals surface area contributed by atoms with Crippen molar-refractivity contribution in [3.05, 3.63) is 53.4 Å². The van der Waals surface area contributed by atoms with Crippen molar-refractivity contribution >= 4 is 17.4 Å². The summed E-state index contributed by atoms with van der Waals surface area (Å²) in [5, 5.41) is 7.30. The number of anilines is 1. The van der Waals surface area contributed by atoms with Crippen LogP contribution in [-0.2, 0) is 6.42 Å². The monoisotopic (exact) mass is 394 g/mol. The SMILES string of the molecule is C[C@@H]1CCCc2cc(F)cc(n2)[C@H]2CCCN2c2ccn3ncc(c3n2)C(=O)N1. The molecule has 4 bridgehead atoms. The molecule has 2 aliphatic heterocycles. The van der Waals surface area contributed by atoms with Crippen molar-refractivity contribution in [3.8, 4) is 0 Å². The van der Waals surface area contributed by atoms with Gasteiger partial charge in [0.1, 0.15) is 17.2 Å². The number of halogens is 1. The van der Waals surface area contributed by atoms with Gasteiger partial charge in [0.15, 0.2) is 5.65 Å². The molecule has 3 aromatic rings. The van der Waals surface area contributed by atoms with E-state index in [1.54, 1.807) is 16.8 Å². The smallest absolute Gasteiger partial charge is 0.256 e. The molecule has 2 atom stereocenters. The summed E-state index contributed by atoms with van der Waals surface area (Å²) in [5.41, 5.74) is 2.51. The first-order valence-electron chi connectivity index (χ1n) is 10.2. The van der Waals surface area contributed by atoms with Crippen LogP contribution in [0.3, 0.4) is 0 Å². The van der Waals surface area contributed by atoms with Crippen LogP contribution in [0.2, 0.25) is 0 Å². The number of rotatable bonds is 0. The summed E-state index contributed by atoms with van der Waals surface area (Å²) in [6.07, 6.45) is 7.54. The van der Waals surface area contributed by atoms with E-state index in [1.807, 2.05) is 19.2 Å². The van der Waals surface area contributed by atoms with Gasteiger partial charge in [-0.25, -0.2) is 13.9 Å². The zero-order valence-corrected chi connectivity index (χ0v) is 16.3. The highest BCUT2D eigenvalue weighted by Gasteiger charge is 2.30. The molecule has 7 nitrogen and oxygen atoms in total. The van der Waals surface area contributed by atoms with Gasteiger partial charge in [0.25, 0.3) is 5.91 Å². The van der Waals surface area contributed by atoms with Crippen LogP contribution in [0.25, 0.3) is 5.65 Å². The molecule has 1 amide bonds. The predicted molar refractivity (Wildman–Crippen MR) is 106 cm³/mol. The number of nitrogens with zero attached hydrogens (tertiary/aromatic N) is 5. The minimum Gasteiger partial charge on any atom is -0.349 e. The Morgan fingerprint density at radius 2 is 2.10 bits per heavy atom. The van der Waals surface area contributed by atoms with Gasteiger partial charge < -0.3 is 10.2 Å². The maximum absolute atomic E-state index is 14.3. The van der Waals surface area contributed by atoms with E-state index >= 15 is 0 Å². The van der Waals surface area contributed by atoms with Crippen molar-refractivity contribution in [2.45, 2.75) is 51.1 Å². The molecule has 5 heterocycles. The molecule has 29 heavy (non-hydrogen) atoms. The molecule has 150 valence electrons. The molecule has 1 saturated heterocycles. The molecule has 3 aromatic heterocycles. The summed E-state index contributed by atoms with van der Waals surface area (Å²) in [7, 11) is 0. The lowest BCUT2D eigenvalue weighted by atomic mass is 10.1. The van der Waals surface area contributed by atoms with Crippen molar-refractivity contribution in [3.63, 3.8) is 0 Å². The highest BCUT2D eigenvalue weighted by molar-refractivity contribution is 5.99. The first-order valence-corrected chi connectivity index (χ1v) is 10.2. The van der Waals surface area contributed by atoms with Crippen molar-refractivity contribution in [2.75, 3.05) is 11.4 Å². The first-order chi connectivity index (χ1) is 14.1. The number of carbonyl (C=O) groups is 1.